The molecule has 2 aromatic rings. The Labute approximate surface area is 108 Å². The smallest absolute Gasteiger partial charge is 0.318 e. The van der Waals surface area contributed by atoms with Crippen molar-refractivity contribution in [2.75, 3.05) is 0 Å². The van der Waals surface area contributed by atoms with Gasteiger partial charge in [-0.3, -0.25) is 0 Å². The Morgan fingerprint density at radius 1 is 1.50 bits per heavy atom. The third-order valence-corrected chi connectivity index (χ3v) is 3.74. The lowest BCUT2D eigenvalue weighted by Gasteiger charge is -2.15. The molecule has 0 atom stereocenters. The molecule has 0 saturated heterocycles. The Bertz CT molecular complexity index is 530. The second-order valence-electron chi connectivity index (χ2n) is 4.09. The highest BCUT2D eigenvalue weighted by atomic mass is 32.1. The zero-order valence-electron chi connectivity index (χ0n) is 9.67. The SMILES string of the molecule is O=C(NCc1cccs1)N1Cc2cncnc2C1. The van der Waals surface area contributed by atoms with Crippen LogP contribution in [0.5, 0.6) is 0 Å². The van der Waals surface area contributed by atoms with Crippen LogP contribution in [0.4, 0.5) is 4.79 Å². The molecule has 18 heavy (non-hydrogen) atoms. The van der Waals surface area contributed by atoms with E-state index < -0.39 is 0 Å². The van der Waals surface area contributed by atoms with E-state index in [1.54, 1.807) is 22.4 Å². The van der Waals surface area contributed by atoms with Gasteiger partial charge in [0.05, 0.1) is 25.3 Å². The zero-order chi connectivity index (χ0) is 12.4. The summed E-state index contributed by atoms with van der Waals surface area (Å²) >= 11 is 1.64. The normalized spacial score (nSPS) is 13.4. The minimum absolute atomic E-state index is 0.0543. The van der Waals surface area contributed by atoms with Gasteiger partial charge in [-0.2, -0.15) is 0 Å². The monoisotopic (exact) mass is 260 g/mol. The first-order chi connectivity index (χ1) is 8.83. The van der Waals surface area contributed by atoms with Gasteiger partial charge >= 0.3 is 6.03 Å². The first-order valence-corrected chi connectivity index (χ1v) is 6.54. The highest BCUT2D eigenvalue weighted by Crippen LogP contribution is 2.19. The minimum Gasteiger partial charge on any atom is -0.333 e. The van der Waals surface area contributed by atoms with E-state index in [4.69, 9.17) is 0 Å². The Morgan fingerprint density at radius 3 is 3.22 bits per heavy atom. The third kappa shape index (κ3) is 2.19. The number of urea groups is 1. The number of thiophene rings is 1. The number of fused-ring (bicyclic) bond motifs is 1. The van der Waals surface area contributed by atoms with Gasteiger partial charge in [0, 0.05) is 16.6 Å². The van der Waals surface area contributed by atoms with Crippen LogP contribution in [0.1, 0.15) is 16.1 Å². The second kappa shape index (κ2) is 4.73. The summed E-state index contributed by atoms with van der Waals surface area (Å²) < 4.78 is 0. The van der Waals surface area contributed by atoms with Crippen LogP contribution in [-0.4, -0.2) is 20.9 Å². The van der Waals surface area contributed by atoms with Crippen molar-refractivity contribution in [2.24, 2.45) is 0 Å². The Morgan fingerprint density at radius 2 is 2.44 bits per heavy atom. The molecule has 1 aliphatic rings. The number of carbonyl (C=O) groups is 1. The summed E-state index contributed by atoms with van der Waals surface area (Å²) in [6.45, 7) is 1.73. The van der Waals surface area contributed by atoms with Crippen LogP contribution in [0.3, 0.4) is 0 Å². The van der Waals surface area contributed by atoms with E-state index in [2.05, 4.69) is 15.3 Å². The molecule has 6 heteroatoms. The van der Waals surface area contributed by atoms with Crippen molar-refractivity contribution in [3.8, 4) is 0 Å². The Balaban J connectivity index is 1.59. The maximum Gasteiger partial charge on any atom is 0.318 e. The van der Waals surface area contributed by atoms with Gasteiger partial charge in [-0.1, -0.05) is 6.07 Å². The van der Waals surface area contributed by atoms with Gasteiger partial charge < -0.3 is 10.2 Å². The van der Waals surface area contributed by atoms with Gasteiger partial charge in [-0.25, -0.2) is 14.8 Å². The fourth-order valence-electron chi connectivity index (χ4n) is 1.93. The number of amides is 2. The molecule has 0 aliphatic carbocycles. The van der Waals surface area contributed by atoms with Crippen molar-refractivity contribution in [2.45, 2.75) is 19.6 Å². The van der Waals surface area contributed by atoms with E-state index in [1.165, 1.54) is 6.33 Å². The number of hydrogen-bond donors (Lipinski definition) is 1. The summed E-state index contributed by atoms with van der Waals surface area (Å²) in [5, 5.41) is 4.91. The van der Waals surface area contributed by atoms with Gasteiger partial charge in [0.15, 0.2) is 0 Å². The Hall–Kier alpha value is -1.95. The quantitative estimate of drug-likeness (QED) is 0.895. The largest absolute Gasteiger partial charge is 0.333 e. The van der Waals surface area contributed by atoms with Crippen LogP contribution < -0.4 is 5.32 Å². The molecule has 3 heterocycles. The van der Waals surface area contributed by atoms with Crippen LogP contribution in [0.25, 0.3) is 0 Å². The van der Waals surface area contributed by atoms with Crippen molar-refractivity contribution in [1.82, 2.24) is 20.2 Å². The van der Waals surface area contributed by atoms with Crippen LogP contribution in [0.15, 0.2) is 30.0 Å². The summed E-state index contributed by atoms with van der Waals surface area (Å²) in [4.78, 5) is 23.0. The first kappa shape index (κ1) is 11.2. The number of aromatic nitrogens is 2. The lowest BCUT2D eigenvalue weighted by atomic mass is 10.3. The van der Waals surface area contributed by atoms with E-state index in [9.17, 15) is 4.79 Å². The fraction of sp³-hybridized carbons (Fsp3) is 0.250. The molecule has 2 amide bonds. The number of rotatable bonds is 2. The highest BCUT2D eigenvalue weighted by molar-refractivity contribution is 7.09. The lowest BCUT2D eigenvalue weighted by Crippen LogP contribution is -2.35. The molecular weight excluding hydrogens is 248 g/mol. The molecule has 0 radical (unpaired) electrons. The molecule has 1 aliphatic heterocycles. The zero-order valence-corrected chi connectivity index (χ0v) is 10.5. The van der Waals surface area contributed by atoms with Gasteiger partial charge in [-0.15, -0.1) is 11.3 Å². The number of carbonyl (C=O) groups excluding carboxylic acids is 1. The first-order valence-electron chi connectivity index (χ1n) is 5.66. The molecule has 0 fully saturated rings. The maximum atomic E-state index is 12.0. The summed E-state index contributed by atoms with van der Waals surface area (Å²) in [6.07, 6.45) is 3.29. The topological polar surface area (TPSA) is 58.1 Å². The number of hydrogen-bond acceptors (Lipinski definition) is 4. The second-order valence-corrected chi connectivity index (χ2v) is 5.12. The van der Waals surface area contributed by atoms with E-state index in [-0.39, 0.29) is 6.03 Å². The molecule has 3 rings (SSSR count). The van der Waals surface area contributed by atoms with E-state index >= 15 is 0 Å². The average Bonchev–Trinajstić information content (AvgIpc) is 3.04. The Kier molecular flexibility index (Phi) is 2.93. The van der Waals surface area contributed by atoms with Gasteiger partial charge in [-0.05, 0) is 11.4 Å². The van der Waals surface area contributed by atoms with Gasteiger partial charge in [0.2, 0.25) is 0 Å². The molecule has 0 unspecified atom stereocenters. The standard InChI is InChI=1S/C12H12N4OS/c17-12(14-5-10-2-1-3-18-10)16-6-9-4-13-8-15-11(9)7-16/h1-4,8H,5-7H2,(H,14,17). The molecule has 5 nitrogen and oxygen atoms in total. The number of nitrogens with one attached hydrogen (secondary N) is 1. The molecule has 0 bridgehead atoms. The van der Waals surface area contributed by atoms with E-state index in [0.717, 1.165) is 16.1 Å². The summed E-state index contributed by atoms with van der Waals surface area (Å²) in [7, 11) is 0. The van der Waals surface area contributed by atoms with Crippen LogP contribution in [-0.2, 0) is 19.6 Å². The summed E-state index contributed by atoms with van der Waals surface area (Å²) in [5.74, 6) is 0. The van der Waals surface area contributed by atoms with E-state index in [0.29, 0.717) is 19.6 Å². The molecular formula is C12H12N4OS. The van der Waals surface area contributed by atoms with E-state index in [1.807, 2.05) is 17.5 Å². The predicted molar refractivity (Wildman–Crippen MR) is 67.8 cm³/mol. The summed E-state index contributed by atoms with van der Waals surface area (Å²) in [5.41, 5.74) is 1.97. The lowest BCUT2D eigenvalue weighted by molar-refractivity contribution is 0.198. The van der Waals surface area contributed by atoms with Gasteiger partial charge in [0.25, 0.3) is 0 Å². The molecule has 0 saturated carbocycles. The highest BCUT2D eigenvalue weighted by Gasteiger charge is 2.24. The van der Waals surface area contributed by atoms with Gasteiger partial charge in [0.1, 0.15) is 6.33 Å². The molecule has 1 N–H and O–H groups in total. The molecule has 0 aromatic carbocycles. The average molecular weight is 260 g/mol. The van der Waals surface area contributed by atoms with Crippen molar-refractivity contribution >= 4 is 17.4 Å². The molecule has 0 spiro atoms. The molecule has 92 valence electrons. The van der Waals surface area contributed by atoms with Crippen LogP contribution in [0.2, 0.25) is 0 Å². The minimum atomic E-state index is -0.0543. The fourth-order valence-corrected chi connectivity index (χ4v) is 2.58. The third-order valence-electron chi connectivity index (χ3n) is 2.86. The van der Waals surface area contributed by atoms with Crippen molar-refractivity contribution in [3.63, 3.8) is 0 Å². The predicted octanol–water partition coefficient (Wildman–Crippen LogP) is 1.76. The van der Waals surface area contributed by atoms with Crippen molar-refractivity contribution in [1.29, 1.82) is 0 Å². The van der Waals surface area contributed by atoms with Crippen LogP contribution >= 0.6 is 11.3 Å². The van der Waals surface area contributed by atoms with Crippen molar-refractivity contribution < 1.29 is 4.79 Å². The maximum absolute atomic E-state index is 12.0. The van der Waals surface area contributed by atoms with Crippen LogP contribution in [0, 0.1) is 0 Å². The number of nitrogens with zero attached hydrogens (tertiary/aromatic N) is 3. The van der Waals surface area contributed by atoms with Crippen molar-refractivity contribution in [3.05, 3.63) is 46.2 Å². The molecule has 2 aromatic heterocycles. The summed E-state index contributed by atoms with van der Waals surface area (Å²) in [6, 6.07) is 3.93.